The van der Waals surface area contributed by atoms with E-state index in [0.29, 0.717) is 12.3 Å². The fourth-order valence-electron chi connectivity index (χ4n) is 1.46. The summed E-state index contributed by atoms with van der Waals surface area (Å²) in [4.78, 5) is 0. The first-order chi connectivity index (χ1) is 8.98. The van der Waals surface area contributed by atoms with Crippen LogP contribution in [0.3, 0.4) is 0 Å². The summed E-state index contributed by atoms with van der Waals surface area (Å²) in [6.07, 6.45) is 7.92. The lowest BCUT2D eigenvalue weighted by atomic mass is 10.2. The van der Waals surface area contributed by atoms with Gasteiger partial charge in [-0.25, -0.2) is 12.7 Å². The Morgan fingerprint density at radius 1 is 1.37 bits per heavy atom. The second-order valence-corrected chi connectivity index (χ2v) is 6.43. The van der Waals surface area contributed by atoms with E-state index >= 15 is 0 Å². The highest BCUT2D eigenvalue weighted by atomic mass is 32.2. The van der Waals surface area contributed by atoms with Gasteiger partial charge in [0.25, 0.3) is 10.0 Å². The lowest BCUT2D eigenvalue weighted by molar-refractivity contribution is 0.388. The Morgan fingerprint density at radius 3 is 2.74 bits per heavy atom. The fraction of sp³-hybridized carbons (Fsp3) is 0.538. The van der Waals surface area contributed by atoms with Crippen LogP contribution in [-0.4, -0.2) is 33.4 Å². The van der Waals surface area contributed by atoms with Crippen LogP contribution in [0.15, 0.2) is 21.6 Å². The van der Waals surface area contributed by atoms with Gasteiger partial charge in [0.05, 0.1) is 6.54 Å². The normalized spacial score (nSPS) is 11.7. The number of unbranched alkanes of at least 4 members (excludes halogenated alkanes) is 2. The van der Waals surface area contributed by atoms with Crippen molar-refractivity contribution >= 4 is 10.0 Å². The van der Waals surface area contributed by atoms with Crippen LogP contribution < -0.4 is 5.32 Å². The molecule has 1 aromatic heterocycles. The molecule has 0 unspecified atom stereocenters. The molecule has 1 N–H and O–H groups in total. The van der Waals surface area contributed by atoms with E-state index < -0.39 is 10.0 Å². The Bertz CT molecular complexity index is 526. The zero-order chi connectivity index (χ0) is 14.3. The third kappa shape index (κ3) is 4.71. The number of terminal acetylenes is 1. The molecule has 0 saturated heterocycles. The first-order valence-corrected chi connectivity index (χ1v) is 7.58. The Morgan fingerprint density at radius 2 is 2.11 bits per heavy atom. The van der Waals surface area contributed by atoms with E-state index in [-0.39, 0.29) is 5.09 Å². The molecule has 6 heteroatoms. The number of hydrogen-bond donors (Lipinski definition) is 1. The second kappa shape index (κ2) is 7.34. The van der Waals surface area contributed by atoms with Crippen LogP contribution in [0.5, 0.6) is 0 Å². The topological polar surface area (TPSA) is 62.6 Å². The van der Waals surface area contributed by atoms with Crippen molar-refractivity contribution in [1.29, 1.82) is 0 Å². The predicted molar refractivity (Wildman–Crippen MR) is 74.0 cm³/mol. The quantitative estimate of drug-likeness (QED) is 0.579. The molecule has 1 rings (SSSR count). The first kappa shape index (κ1) is 15.8. The molecule has 0 aliphatic carbocycles. The summed E-state index contributed by atoms with van der Waals surface area (Å²) in [5, 5.41) is 3.16. The van der Waals surface area contributed by atoms with E-state index in [0.717, 1.165) is 30.1 Å². The van der Waals surface area contributed by atoms with E-state index in [4.69, 9.17) is 10.8 Å². The van der Waals surface area contributed by atoms with Crippen molar-refractivity contribution in [3.05, 3.63) is 17.9 Å². The van der Waals surface area contributed by atoms with Crippen molar-refractivity contribution in [1.82, 2.24) is 9.62 Å². The summed E-state index contributed by atoms with van der Waals surface area (Å²) in [6, 6.07) is 3.15. The van der Waals surface area contributed by atoms with Crippen LogP contribution in [-0.2, 0) is 16.6 Å². The number of furan rings is 1. The summed E-state index contributed by atoms with van der Waals surface area (Å²) in [5.74, 6) is 3.20. The Balaban J connectivity index is 2.42. The van der Waals surface area contributed by atoms with Crippen LogP contribution in [0.1, 0.15) is 25.0 Å². The molecule has 1 heterocycles. The SMILES string of the molecule is C#CCCCCNCc1ccc(S(=O)(=O)N(C)C)o1. The minimum absolute atomic E-state index is 0.0263. The molecule has 0 amide bonds. The lowest BCUT2D eigenvalue weighted by Crippen LogP contribution is -2.21. The van der Waals surface area contributed by atoms with Gasteiger partial charge in [-0.15, -0.1) is 12.3 Å². The van der Waals surface area contributed by atoms with E-state index in [1.807, 2.05) is 0 Å². The average molecular weight is 284 g/mol. The molecule has 1 aromatic rings. The van der Waals surface area contributed by atoms with Gasteiger partial charge in [-0.05, 0) is 31.5 Å². The van der Waals surface area contributed by atoms with Crippen molar-refractivity contribution in [3.8, 4) is 12.3 Å². The number of sulfonamides is 1. The second-order valence-electron chi connectivity index (χ2n) is 4.35. The van der Waals surface area contributed by atoms with Crippen molar-refractivity contribution < 1.29 is 12.8 Å². The van der Waals surface area contributed by atoms with E-state index in [1.165, 1.54) is 20.2 Å². The molecule has 0 aromatic carbocycles. The Hall–Kier alpha value is -1.29. The molecule has 0 spiro atoms. The van der Waals surface area contributed by atoms with Gasteiger partial charge in [-0.2, -0.15) is 0 Å². The highest BCUT2D eigenvalue weighted by Crippen LogP contribution is 2.16. The number of rotatable bonds is 8. The maximum absolute atomic E-state index is 11.8. The molecule has 0 aliphatic rings. The third-order valence-electron chi connectivity index (χ3n) is 2.60. The summed E-state index contributed by atoms with van der Waals surface area (Å²) < 4.78 is 30.0. The van der Waals surface area contributed by atoms with Gasteiger partial charge >= 0.3 is 0 Å². The molecular weight excluding hydrogens is 264 g/mol. The van der Waals surface area contributed by atoms with Gasteiger partial charge in [0.2, 0.25) is 5.09 Å². The standard InChI is InChI=1S/C13H20N2O3S/c1-4-5-6-7-10-14-11-12-8-9-13(18-12)19(16,17)15(2)3/h1,8-9,14H,5-7,10-11H2,2-3H3. The van der Waals surface area contributed by atoms with Gasteiger partial charge in [0.1, 0.15) is 5.76 Å². The third-order valence-corrected chi connectivity index (χ3v) is 4.29. The highest BCUT2D eigenvalue weighted by molar-refractivity contribution is 7.88. The summed E-state index contributed by atoms with van der Waals surface area (Å²) in [5.41, 5.74) is 0. The van der Waals surface area contributed by atoms with E-state index in [2.05, 4.69) is 11.2 Å². The van der Waals surface area contributed by atoms with Crippen molar-refractivity contribution in [2.75, 3.05) is 20.6 Å². The zero-order valence-electron chi connectivity index (χ0n) is 11.3. The Kier molecular flexibility index (Phi) is 6.09. The van der Waals surface area contributed by atoms with Crippen LogP contribution in [0.25, 0.3) is 0 Å². The molecule has 106 valence electrons. The maximum Gasteiger partial charge on any atom is 0.275 e. The smallest absolute Gasteiger partial charge is 0.275 e. The van der Waals surface area contributed by atoms with Crippen LogP contribution >= 0.6 is 0 Å². The minimum atomic E-state index is -3.48. The van der Waals surface area contributed by atoms with Crippen LogP contribution in [0.2, 0.25) is 0 Å². The largest absolute Gasteiger partial charge is 0.447 e. The summed E-state index contributed by atoms with van der Waals surface area (Å²) in [7, 11) is -0.535. The van der Waals surface area contributed by atoms with Crippen molar-refractivity contribution in [2.45, 2.75) is 30.9 Å². The molecule has 19 heavy (non-hydrogen) atoms. The number of nitrogens with zero attached hydrogens (tertiary/aromatic N) is 1. The minimum Gasteiger partial charge on any atom is -0.447 e. The van der Waals surface area contributed by atoms with Crippen LogP contribution in [0, 0.1) is 12.3 Å². The molecule has 0 saturated carbocycles. The van der Waals surface area contributed by atoms with Gasteiger partial charge in [0, 0.05) is 20.5 Å². The Labute approximate surface area is 115 Å². The van der Waals surface area contributed by atoms with Gasteiger partial charge in [0.15, 0.2) is 0 Å². The molecular formula is C13H20N2O3S. The maximum atomic E-state index is 11.8. The van der Waals surface area contributed by atoms with Gasteiger partial charge in [-0.1, -0.05) is 0 Å². The number of hydrogen-bond acceptors (Lipinski definition) is 4. The predicted octanol–water partition coefficient (Wildman–Crippen LogP) is 1.42. The van der Waals surface area contributed by atoms with Gasteiger partial charge < -0.3 is 9.73 Å². The van der Waals surface area contributed by atoms with Gasteiger partial charge in [-0.3, -0.25) is 0 Å². The summed E-state index contributed by atoms with van der Waals surface area (Å²) in [6.45, 7) is 1.34. The highest BCUT2D eigenvalue weighted by Gasteiger charge is 2.21. The first-order valence-electron chi connectivity index (χ1n) is 6.14. The zero-order valence-corrected chi connectivity index (χ0v) is 12.2. The molecule has 0 bridgehead atoms. The lowest BCUT2D eigenvalue weighted by Gasteiger charge is -2.07. The van der Waals surface area contributed by atoms with E-state index in [9.17, 15) is 8.42 Å². The number of nitrogens with one attached hydrogen (secondary N) is 1. The molecule has 0 radical (unpaired) electrons. The monoisotopic (exact) mass is 284 g/mol. The fourth-order valence-corrected chi connectivity index (χ4v) is 2.27. The van der Waals surface area contributed by atoms with Crippen molar-refractivity contribution in [2.24, 2.45) is 0 Å². The summed E-state index contributed by atoms with van der Waals surface area (Å²) >= 11 is 0. The molecule has 0 atom stereocenters. The molecule has 5 nitrogen and oxygen atoms in total. The average Bonchev–Trinajstić information content (AvgIpc) is 2.82. The molecule has 0 fully saturated rings. The van der Waals surface area contributed by atoms with Crippen molar-refractivity contribution in [3.63, 3.8) is 0 Å². The molecule has 0 aliphatic heterocycles. The van der Waals surface area contributed by atoms with E-state index in [1.54, 1.807) is 6.07 Å². The van der Waals surface area contributed by atoms with Crippen LogP contribution in [0.4, 0.5) is 0 Å².